The maximum absolute atomic E-state index is 12.8. The first kappa shape index (κ1) is 32.8. The van der Waals surface area contributed by atoms with Gasteiger partial charge in [0.1, 0.15) is 12.7 Å². The van der Waals surface area contributed by atoms with Crippen LogP contribution in [-0.4, -0.2) is 52.2 Å². The number of unbranched alkanes of at least 4 members (excludes halogenated alkanes) is 3. The van der Waals surface area contributed by atoms with Crippen LogP contribution >= 0.6 is 0 Å². The number of carbonyl (C=O) groups excluding carboxylic acids is 3. The van der Waals surface area contributed by atoms with Crippen LogP contribution in [0.25, 0.3) is 0 Å². The molecule has 220 valence electrons. The number of carbonyl (C=O) groups is 3. The minimum atomic E-state index is -2.04. The summed E-state index contributed by atoms with van der Waals surface area (Å²) in [6, 6.07) is 9.33. The molecule has 0 radical (unpaired) electrons. The lowest BCUT2D eigenvalue weighted by Gasteiger charge is -2.38. The van der Waals surface area contributed by atoms with E-state index in [0.29, 0.717) is 19.4 Å². The molecule has 1 amide bonds. The fourth-order valence-corrected chi connectivity index (χ4v) is 5.91. The van der Waals surface area contributed by atoms with Crippen molar-refractivity contribution in [3.05, 3.63) is 35.9 Å². The van der Waals surface area contributed by atoms with Crippen molar-refractivity contribution >= 4 is 26.3 Å². The van der Waals surface area contributed by atoms with E-state index in [2.05, 4.69) is 39.2 Å². The Morgan fingerprint density at radius 2 is 1.67 bits per heavy atom. The van der Waals surface area contributed by atoms with Crippen molar-refractivity contribution in [2.45, 2.75) is 110 Å². The minimum absolute atomic E-state index is 0.0113. The van der Waals surface area contributed by atoms with E-state index in [1.807, 2.05) is 30.3 Å². The molecule has 0 aliphatic heterocycles. The van der Waals surface area contributed by atoms with Crippen molar-refractivity contribution in [1.29, 1.82) is 0 Å². The molecule has 0 saturated heterocycles. The van der Waals surface area contributed by atoms with Crippen molar-refractivity contribution in [3.8, 4) is 0 Å². The zero-order valence-corrected chi connectivity index (χ0v) is 25.9. The van der Waals surface area contributed by atoms with Crippen LogP contribution in [0.4, 0.5) is 4.79 Å². The fraction of sp³-hybridized carbons (Fsp3) is 0.700. The van der Waals surface area contributed by atoms with Crippen LogP contribution in [0.1, 0.15) is 78.2 Å². The van der Waals surface area contributed by atoms with E-state index < -0.39 is 14.4 Å². The SMILES string of the molecule is COC(=O)CCCCCC[C@H]1[C@@H](OC(C)=O)CC(NC(=O)OCc2ccccc2)[C@@H]1CO[Si](C)(C)C(C)(C)C. The Morgan fingerprint density at radius 1 is 1.00 bits per heavy atom. The number of nitrogens with one attached hydrogen (secondary N) is 1. The molecule has 1 aliphatic carbocycles. The van der Waals surface area contributed by atoms with Gasteiger partial charge in [-0.25, -0.2) is 4.79 Å². The van der Waals surface area contributed by atoms with Gasteiger partial charge in [-0.2, -0.15) is 0 Å². The highest BCUT2D eigenvalue weighted by molar-refractivity contribution is 6.74. The number of amides is 1. The van der Waals surface area contributed by atoms with Gasteiger partial charge >= 0.3 is 18.0 Å². The first-order valence-corrected chi connectivity index (χ1v) is 17.1. The second-order valence-corrected chi connectivity index (χ2v) is 16.9. The second kappa shape index (κ2) is 15.4. The quantitative estimate of drug-likeness (QED) is 0.121. The second-order valence-electron chi connectivity index (χ2n) is 12.1. The lowest BCUT2D eigenvalue weighted by Crippen LogP contribution is -2.46. The molecule has 0 aromatic heterocycles. The molecule has 2 rings (SSSR count). The van der Waals surface area contributed by atoms with E-state index in [9.17, 15) is 14.4 Å². The normalized spacial score (nSPS) is 21.3. The zero-order valence-electron chi connectivity index (χ0n) is 24.9. The van der Waals surface area contributed by atoms with Crippen molar-refractivity contribution < 1.29 is 33.0 Å². The average Bonchev–Trinajstić information content (AvgIpc) is 3.17. The zero-order chi connectivity index (χ0) is 29.1. The van der Waals surface area contributed by atoms with Crippen LogP contribution in [0.15, 0.2) is 30.3 Å². The molecular weight excluding hydrogens is 514 g/mol. The van der Waals surface area contributed by atoms with Crippen molar-refractivity contribution in [3.63, 3.8) is 0 Å². The van der Waals surface area contributed by atoms with Gasteiger partial charge in [0.05, 0.1) is 7.11 Å². The number of esters is 2. The summed E-state index contributed by atoms with van der Waals surface area (Å²) in [5.74, 6) is -0.461. The Labute approximate surface area is 235 Å². The van der Waals surface area contributed by atoms with E-state index in [4.69, 9.17) is 18.6 Å². The van der Waals surface area contributed by atoms with Crippen molar-refractivity contribution in [1.82, 2.24) is 5.32 Å². The van der Waals surface area contributed by atoms with Crippen molar-refractivity contribution in [2.24, 2.45) is 11.8 Å². The van der Waals surface area contributed by atoms with Crippen LogP contribution in [0.5, 0.6) is 0 Å². The lowest BCUT2D eigenvalue weighted by atomic mass is 9.88. The number of ether oxygens (including phenoxy) is 3. The summed E-state index contributed by atoms with van der Waals surface area (Å²) in [4.78, 5) is 36.2. The lowest BCUT2D eigenvalue weighted by molar-refractivity contribution is -0.148. The van der Waals surface area contributed by atoms with Crippen LogP contribution in [0, 0.1) is 11.8 Å². The molecule has 8 nitrogen and oxygen atoms in total. The van der Waals surface area contributed by atoms with E-state index in [-0.39, 0.29) is 47.6 Å². The van der Waals surface area contributed by atoms with Gasteiger partial charge in [-0.05, 0) is 36.5 Å². The molecule has 1 unspecified atom stereocenters. The Morgan fingerprint density at radius 3 is 2.28 bits per heavy atom. The van der Waals surface area contributed by atoms with Crippen LogP contribution in [0.2, 0.25) is 18.1 Å². The molecule has 1 saturated carbocycles. The molecule has 4 atom stereocenters. The number of benzene rings is 1. The molecule has 1 N–H and O–H groups in total. The maximum Gasteiger partial charge on any atom is 0.407 e. The van der Waals surface area contributed by atoms with Gasteiger partial charge in [0.15, 0.2) is 8.32 Å². The summed E-state index contributed by atoms with van der Waals surface area (Å²) < 4.78 is 22.7. The third-order valence-corrected chi connectivity index (χ3v) is 12.7. The Balaban J connectivity index is 2.11. The molecule has 0 spiro atoms. The first-order valence-electron chi connectivity index (χ1n) is 14.2. The van der Waals surface area contributed by atoms with Crippen LogP contribution < -0.4 is 5.32 Å². The molecule has 1 aromatic rings. The third kappa shape index (κ3) is 10.9. The van der Waals surface area contributed by atoms with Crippen LogP contribution in [0.3, 0.4) is 0 Å². The largest absolute Gasteiger partial charge is 0.469 e. The van der Waals surface area contributed by atoms with Gasteiger partial charge in [0.25, 0.3) is 0 Å². The molecule has 1 aliphatic rings. The molecule has 0 heterocycles. The Hall–Kier alpha value is -2.39. The summed E-state index contributed by atoms with van der Waals surface area (Å²) in [7, 11) is -0.635. The molecule has 0 bridgehead atoms. The van der Waals surface area contributed by atoms with Gasteiger partial charge in [-0.3, -0.25) is 9.59 Å². The minimum Gasteiger partial charge on any atom is -0.469 e. The number of rotatable bonds is 14. The van der Waals surface area contributed by atoms with Crippen LogP contribution in [-0.2, 0) is 34.8 Å². The predicted octanol–water partition coefficient (Wildman–Crippen LogP) is 6.38. The van der Waals surface area contributed by atoms with E-state index in [0.717, 1.165) is 37.7 Å². The summed E-state index contributed by atoms with van der Waals surface area (Å²) in [6.45, 7) is 13.2. The van der Waals surface area contributed by atoms with E-state index in [1.165, 1.54) is 14.0 Å². The van der Waals surface area contributed by atoms with Gasteiger partial charge < -0.3 is 24.0 Å². The fourth-order valence-electron chi connectivity index (χ4n) is 4.87. The average molecular weight is 564 g/mol. The van der Waals surface area contributed by atoms with Crippen molar-refractivity contribution in [2.75, 3.05) is 13.7 Å². The number of methoxy groups -OCH3 is 1. The van der Waals surface area contributed by atoms with Gasteiger partial charge in [-0.15, -0.1) is 0 Å². The Kier molecular flexibility index (Phi) is 13.0. The molecule has 1 aromatic carbocycles. The summed E-state index contributed by atoms with van der Waals surface area (Å²) in [6.07, 6.45) is 4.64. The Bertz CT molecular complexity index is 916. The monoisotopic (exact) mass is 563 g/mol. The predicted molar refractivity (Wildman–Crippen MR) is 154 cm³/mol. The van der Waals surface area contributed by atoms with Gasteiger partial charge in [0.2, 0.25) is 0 Å². The molecule has 39 heavy (non-hydrogen) atoms. The topological polar surface area (TPSA) is 100 Å². The van der Waals surface area contributed by atoms with E-state index >= 15 is 0 Å². The third-order valence-electron chi connectivity index (χ3n) is 8.20. The maximum atomic E-state index is 12.8. The summed E-state index contributed by atoms with van der Waals surface area (Å²) >= 11 is 0. The van der Waals surface area contributed by atoms with E-state index in [1.54, 1.807) is 0 Å². The smallest absolute Gasteiger partial charge is 0.407 e. The summed E-state index contributed by atoms with van der Waals surface area (Å²) in [5.41, 5.74) is 0.916. The van der Waals surface area contributed by atoms with Gasteiger partial charge in [-0.1, -0.05) is 70.4 Å². The highest BCUT2D eigenvalue weighted by Crippen LogP contribution is 2.42. The number of alkyl carbamates (subject to hydrolysis) is 1. The summed E-state index contributed by atoms with van der Waals surface area (Å²) in [5, 5.41) is 3.12. The van der Waals surface area contributed by atoms with Gasteiger partial charge in [0, 0.05) is 44.2 Å². The molecule has 9 heteroatoms. The standard InChI is InChI=1S/C30H49NO7Si/c1-22(32)38-27-19-26(31-29(34)36-20-23-15-11-10-12-16-23)25(21-37-39(6,7)30(2,3)4)24(27)17-13-8-9-14-18-28(33)35-5/h10-12,15-16,24-27H,8-9,13-14,17-21H2,1-7H3,(H,31,34)/t24-,25-,26?,27+/m1/s1. The highest BCUT2D eigenvalue weighted by atomic mass is 28.4. The highest BCUT2D eigenvalue weighted by Gasteiger charge is 2.47. The number of hydrogen-bond donors (Lipinski definition) is 1. The number of hydrogen-bond acceptors (Lipinski definition) is 7. The molecule has 1 fully saturated rings. The first-order chi connectivity index (χ1) is 18.3. The molecular formula is C30H49NO7Si.